The number of aryl methyl sites for hydroxylation is 1. The fraction of sp³-hybridized carbons (Fsp3) is 0.562. The number of hydrogen-bond donors (Lipinski definition) is 1. The van der Waals surface area contributed by atoms with Gasteiger partial charge in [0.15, 0.2) is 0 Å². The molecule has 1 aliphatic heterocycles. The molecule has 0 aromatic heterocycles. The second-order valence-corrected chi connectivity index (χ2v) is 5.60. The molecule has 4 nitrogen and oxygen atoms in total. The Hall–Kier alpha value is -1.39. The third-order valence-electron chi connectivity index (χ3n) is 4.10. The van der Waals surface area contributed by atoms with E-state index in [1.165, 1.54) is 11.1 Å². The van der Waals surface area contributed by atoms with Crippen LogP contribution in [0.3, 0.4) is 0 Å². The Morgan fingerprint density at radius 1 is 1.40 bits per heavy atom. The molecule has 0 bridgehead atoms. The van der Waals surface area contributed by atoms with Crippen molar-refractivity contribution in [3.63, 3.8) is 0 Å². The van der Waals surface area contributed by atoms with E-state index in [-0.39, 0.29) is 11.8 Å². The van der Waals surface area contributed by atoms with E-state index in [4.69, 9.17) is 10.5 Å². The van der Waals surface area contributed by atoms with E-state index in [0.29, 0.717) is 19.8 Å². The van der Waals surface area contributed by atoms with Crippen LogP contribution in [0.25, 0.3) is 0 Å². The fourth-order valence-corrected chi connectivity index (χ4v) is 2.65. The molecule has 1 unspecified atom stereocenters. The molecule has 1 saturated heterocycles. The van der Waals surface area contributed by atoms with Crippen molar-refractivity contribution >= 4 is 5.91 Å². The third-order valence-corrected chi connectivity index (χ3v) is 4.10. The van der Waals surface area contributed by atoms with Gasteiger partial charge in [0, 0.05) is 26.8 Å². The van der Waals surface area contributed by atoms with Gasteiger partial charge in [0.1, 0.15) is 0 Å². The lowest BCUT2D eigenvalue weighted by atomic mass is 9.91. The quantitative estimate of drug-likeness (QED) is 0.911. The van der Waals surface area contributed by atoms with Crippen LogP contribution in [0.2, 0.25) is 0 Å². The summed E-state index contributed by atoms with van der Waals surface area (Å²) in [5.41, 5.74) is 8.51. The van der Waals surface area contributed by atoms with Gasteiger partial charge in [-0.2, -0.15) is 0 Å². The maximum Gasteiger partial charge on any atom is 0.239 e. The van der Waals surface area contributed by atoms with Gasteiger partial charge < -0.3 is 15.4 Å². The largest absolute Gasteiger partial charge is 0.381 e. The molecule has 1 aromatic rings. The van der Waals surface area contributed by atoms with Crippen molar-refractivity contribution in [3.05, 3.63) is 35.4 Å². The minimum Gasteiger partial charge on any atom is -0.381 e. The SMILES string of the molecule is Cc1ccccc1CN(C)C(=O)C(N)C1CCOCC1. The molecule has 1 amide bonds. The van der Waals surface area contributed by atoms with Gasteiger partial charge in [-0.3, -0.25) is 4.79 Å². The normalized spacial score (nSPS) is 17.8. The van der Waals surface area contributed by atoms with Crippen LogP contribution in [-0.2, 0) is 16.1 Å². The first-order valence-electron chi connectivity index (χ1n) is 7.22. The van der Waals surface area contributed by atoms with Gasteiger partial charge in [0.05, 0.1) is 6.04 Å². The zero-order chi connectivity index (χ0) is 14.5. The number of ether oxygens (including phenoxy) is 1. The van der Waals surface area contributed by atoms with Crippen LogP contribution in [0, 0.1) is 12.8 Å². The van der Waals surface area contributed by atoms with Crippen LogP contribution in [0.15, 0.2) is 24.3 Å². The number of likely N-dealkylation sites (N-methyl/N-ethyl adjacent to an activating group) is 1. The van der Waals surface area contributed by atoms with Gasteiger partial charge in [0.25, 0.3) is 0 Å². The summed E-state index contributed by atoms with van der Waals surface area (Å²) in [5, 5.41) is 0. The van der Waals surface area contributed by atoms with Crippen molar-refractivity contribution < 1.29 is 9.53 Å². The zero-order valence-electron chi connectivity index (χ0n) is 12.3. The molecule has 0 spiro atoms. The van der Waals surface area contributed by atoms with Crippen LogP contribution < -0.4 is 5.73 Å². The van der Waals surface area contributed by atoms with Gasteiger partial charge in [-0.05, 0) is 36.8 Å². The highest BCUT2D eigenvalue weighted by molar-refractivity contribution is 5.81. The highest BCUT2D eigenvalue weighted by atomic mass is 16.5. The van der Waals surface area contributed by atoms with Gasteiger partial charge in [-0.1, -0.05) is 24.3 Å². The molecule has 1 heterocycles. The first-order chi connectivity index (χ1) is 9.59. The van der Waals surface area contributed by atoms with Gasteiger partial charge in [-0.15, -0.1) is 0 Å². The first kappa shape index (κ1) is 15.0. The Labute approximate surface area is 120 Å². The van der Waals surface area contributed by atoms with Crippen molar-refractivity contribution in [1.29, 1.82) is 0 Å². The molecule has 1 aliphatic rings. The summed E-state index contributed by atoms with van der Waals surface area (Å²) in [4.78, 5) is 14.2. The molecule has 0 radical (unpaired) electrons. The smallest absolute Gasteiger partial charge is 0.239 e. The van der Waals surface area contributed by atoms with E-state index in [2.05, 4.69) is 19.1 Å². The summed E-state index contributed by atoms with van der Waals surface area (Å²) in [7, 11) is 1.83. The minimum atomic E-state index is -0.409. The number of nitrogens with two attached hydrogens (primary N) is 1. The molecule has 20 heavy (non-hydrogen) atoms. The standard InChI is InChI=1S/C16H24N2O2/c1-12-5-3-4-6-14(12)11-18(2)16(19)15(17)13-7-9-20-10-8-13/h3-6,13,15H,7-11,17H2,1-2H3. The molecule has 110 valence electrons. The number of carbonyl (C=O) groups is 1. The van der Waals surface area contributed by atoms with E-state index in [1.807, 2.05) is 19.2 Å². The highest BCUT2D eigenvalue weighted by Crippen LogP contribution is 2.19. The fourth-order valence-electron chi connectivity index (χ4n) is 2.65. The lowest BCUT2D eigenvalue weighted by molar-refractivity contribution is -0.133. The molecule has 4 heteroatoms. The van der Waals surface area contributed by atoms with Crippen LogP contribution in [-0.4, -0.2) is 37.1 Å². The molecule has 1 fully saturated rings. The van der Waals surface area contributed by atoms with Gasteiger partial charge >= 0.3 is 0 Å². The summed E-state index contributed by atoms with van der Waals surface area (Å²) < 4.78 is 5.32. The van der Waals surface area contributed by atoms with E-state index in [9.17, 15) is 4.79 Å². The highest BCUT2D eigenvalue weighted by Gasteiger charge is 2.28. The van der Waals surface area contributed by atoms with E-state index < -0.39 is 6.04 Å². The van der Waals surface area contributed by atoms with Crippen molar-refractivity contribution in [1.82, 2.24) is 4.90 Å². The lowest BCUT2D eigenvalue weighted by Gasteiger charge is -2.30. The van der Waals surface area contributed by atoms with Crippen molar-refractivity contribution in [2.75, 3.05) is 20.3 Å². The van der Waals surface area contributed by atoms with Crippen LogP contribution in [0.5, 0.6) is 0 Å². The number of hydrogen-bond acceptors (Lipinski definition) is 3. The maximum absolute atomic E-state index is 12.4. The molecule has 0 aliphatic carbocycles. The summed E-state index contributed by atoms with van der Waals surface area (Å²) in [6.07, 6.45) is 1.76. The lowest BCUT2D eigenvalue weighted by Crippen LogP contribution is -2.47. The molecule has 2 N–H and O–H groups in total. The maximum atomic E-state index is 12.4. The summed E-state index contributed by atoms with van der Waals surface area (Å²) >= 11 is 0. The van der Waals surface area contributed by atoms with E-state index in [0.717, 1.165) is 12.8 Å². The number of benzene rings is 1. The molecule has 1 aromatic carbocycles. The second kappa shape index (κ2) is 6.86. The summed E-state index contributed by atoms with van der Waals surface area (Å²) in [5.74, 6) is 0.274. The molecule has 2 rings (SSSR count). The Bertz CT molecular complexity index is 456. The zero-order valence-corrected chi connectivity index (χ0v) is 12.3. The van der Waals surface area contributed by atoms with Gasteiger partial charge in [-0.25, -0.2) is 0 Å². The Morgan fingerprint density at radius 3 is 2.70 bits per heavy atom. The van der Waals surface area contributed by atoms with Crippen molar-refractivity contribution in [3.8, 4) is 0 Å². The third kappa shape index (κ3) is 3.58. The summed E-state index contributed by atoms with van der Waals surface area (Å²) in [6, 6.07) is 7.71. The number of rotatable bonds is 4. The second-order valence-electron chi connectivity index (χ2n) is 5.60. The van der Waals surface area contributed by atoms with E-state index in [1.54, 1.807) is 4.90 Å². The minimum absolute atomic E-state index is 0.0279. The average Bonchev–Trinajstić information content (AvgIpc) is 2.49. The van der Waals surface area contributed by atoms with Crippen molar-refractivity contribution in [2.24, 2.45) is 11.7 Å². The number of amides is 1. The Balaban J connectivity index is 1.96. The Kier molecular flexibility index (Phi) is 5.15. The average molecular weight is 276 g/mol. The van der Waals surface area contributed by atoms with Crippen LogP contribution >= 0.6 is 0 Å². The molecule has 0 saturated carbocycles. The number of carbonyl (C=O) groups excluding carboxylic acids is 1. The number of nitrogens with zero attached hydrogens (tertiary/aromatic N) is 1. The van der Waals surface area contributed by atoms with Crippen molar-refractivity contribution in [2.45, 2.75) is 32.4 Å². The topological polar surface area (TPSA) is 55.6 Å². The first-order valence-corrected chi connectivity index (χ1v) is 7.22. The predicted octanol–water partition coefficient (Wildman–Crippen LogP) is 1.71. The summed E-state index contributed by atoms with van der Waals surface area (Å²) in [6.45, 7) is 4.11. The Morgan fingerprint density at radius 2 is 2.05 bits per heavy atom. The van der Waals surface area contributed by atoms with Gasteiger partial charge in [0.2, 0.25) is 5.91 Å². The molecular weight excluding hydrogens is 252 g/mol. The van der Waals surface area contributed by atoms with E-state index >= 15 is 0 Å². The predicted molar refractivity (Wildman–Crippen MR) is 79.2 cm³/mol. The molecular formula is C16H24N2O2. The van der Waals surface area contributed by atoms with Crippen LogP contribution in [0.1, 0.15) is 24.0 Å². The monoisotopic (exact) mass is 276 g/mol. The molecule has 1 atom stereocenters. The van der Waals surface area contributed by atoms with Crippen LogP contribution in [0.4, 0.5) is 0 Å².